The second-order valence-electron chi connectivity index (χ2n) is 5.14. The minimum absolute atomic E-state index is 0.0526. The van der Waals surface area contributed by atoms with E-state index in [0.29, 0.717) is 32.0 Å². The van der Waals surface area contributed by atoms with Crippen molar-refractivity contribution in [3.63, 3.8) is 0 Å². The molecule has 0 fully saturated rings. The molecule has 0 atom stereocenters. The topological polar surface area (TPSA) is 76.7 Å². The highest BCUT2D eigenvalue weighted by Gasteiger charge is 2.24. The first-order chi connectivity index (χ1) is 12.3. The van der Waals surface area contributed by atoms with Gasteiger partial charge in [0.25, 0.3) is 0 Å². The lowest BCUT2D eigenvalue weighted by Crippen LogP contribution is -2.20. The molecule has 2 aromatic carbocycles. The summed E-state index contributed by atoms with van der Waals surface area (Å²) in [6.07, 6.45) is -0.0526. The molecular weight excluding hydrogens is 422 g/mol. The summed E-state index contributed by atoms with van der Waals surface area (Å²) in [4.78, 5) is 12.3. The third-order valence-corrected chi connectivity index (χ3v) is 6.23. The number of amides is 2. The van der Waals surface area contributed by atoms with E-state index in [4.69, 9.17) is 43.9 Å². The normalized spacial score (nSPS) is 11.3. The molecule has 0 unspecified atom stereocenters. The van der Waals surface area contributed by atoms with Crippen LogP contribution in [0.25, 0.3) is 0 Å². The first-order valence-electron chi connectivity index (χ1n) is 7.28. The summed E-state index contributed by atoms with van der Waals surface area (Å²) < 4.78 is 22.3. The second-order valence-corrected chi connectivity index (χ2v) is 8.66. The molecule has 0 aliphatic rings. The van der Waals surface area contributed by atoms with Gasteiger partial charge in [-0.3, -0.25) is 4.57 Å². The Bertz CT molecular complexity index is 855. The largest absolute Gasteiger partial charge is 0.334 e. The summed E-state index contributed by atoms with van der Waals surface area (Å²) in [6.45, 7) is 0. The Balaban J connectivity index is 2.19. The minimum Gasteiger partial charge on any atom is -0.312 e. The number of nitrogens with one attached hydrogen (secondary N) is 2. The van der Waals surface area contributed by atoms with E-state index in [0.717, 1.165) is 0 Å². The number of carbonyl (C=O) groups is 1. The van der Waals surface area contributed by atoms with Gasteiger partial charge in [0.15, 0.2) is 0 Å². The van der Waals surface area contributed by atoms with Crippen LogP contribution in [-0.2, 0) is 19.8 Å². The summed E-state index contributed by atoms with van der Waals surface area (Å²) >= 11 is 17.8. The maximum atomic E-state index is 12.4. The van der Waals surface area contributed by atoms with Crippen molar-refractivity contribution in [3.8, 4) is 0 Å². The average Bonchev–Trinajstić information content (AvgIpc) is 2.60. The Kier molecular flexibility index (Phi) is 7.35. The van der Waals surface area contributed by atoms with Gasteiger partial charge in [-0.05, 0) is 42.0 Å². The quantitative estimate of drug-likeness (QED) is 0.522. The Morgan fingerprint density at radius 3 is 2.31 bits per heavy atom. The fraction of sp³-hybridized carbons (Fsp3) is 0.188. The van der Waals surface area contributed by atoms with Gasteiger partial charge in [0, 0.05) is 30.6 Å². The highest BCUT2D eigenvalue weighted by atomic mass is 35.5. The van der Waals surface area contributed by atoms with Gasteiger partial charge in [-0.15, -0.1) is 0 Å². The van der Waals surface area contributed by atoms with Crippen molar-refractivity contribution < 1.29 is 18.4 Å². The second kappa shape index (κ2) is 9.09. The van der Waals surface area contributed by atoms with Crippen LogP contribution < -0.4 is 10.6 Å². The maximum Gasteiger partial charge on any atom is 0.334 e. The lowest BCUT2D eigenvalue weighted by Gasteiger charge is -2.17. The fourth-order valence-corrected chi connectivity index (χ4v) is 3.66. The molecule has 0 saturated heterocycles. The molecule has 6 nitrogen and oxygen atoms in total. The summed E-state index contributed by atoms with van der Waals surface area (Å²) in [7, 11) is -0.753. The third kappa shape index (κ3) is 5.61. The first kappa shape index (κ1) is 21.0. The van der Waals surface area contributed by atoms with Gasteiger partial charge in [-0.1, -0.05) is 34.8 Å². The van der Waals surface area contributed by atoms with Crippen LogP contribution in [0.4, 0.5) is 16.2 Å². The van der Waals surface area contributed by atoms with E-state index < -0.39 is 13.6 Å². The molecule has 0 radical (unpaired) electrons. The van der Waals surface area contributed by atoms with E-state index in [9.17, 15) is 9.36 Å². The number of anilines is 2. The summed E-state index contributed by atoms with van der Waals surface area (Å²) in [5.74, 6) is 0. The van der Waals surface area contributed by atoms with Crippen LogP contribution in [0.2, 0.25) is 15.1 Å². The van der Waals surface area contributed by atoms with E-state index in [1.54, 1.807) is 30.3 Å². The molecule has 2 N–H and O–H groups in total. The molecule has 2 rings (SSSR count). The predicted octanol–water partition coefficient (Wildman–Crippen LogP) is 6.28. The zero-order valence-electron chi connectivity index (χ0n) is 13.9. The van der Waals surface area contributed by atoms with Gasteiger partial charge in [0.2, 0.25) is 0 Å². The molecule has 0 bridgehead atoms. The van der Waals surface area contributed by atoms with Gasteiger partial charge in [-0.25, -0.2) is 4.79 Å². The number of urea groups is 1. The predicted molar refractivity (Wildman–Crippen MR) is 106 cm³/mol. The molecule has 0 saturated carbocycles. The number of hydrogen-bond donors (Lipinski definition) is 2. The van der Waals surface area contributed by atoms with Crippen molar-refractivity contribution in [2.45, 2.75) is 6.16 Å². The van der Waals surface area contributed by atoms with E-state index >= 15 is 0 Å². The van der Waals surface area contributed by atoms with E-state index in [-0.39, 0.29) is 6.16 Å². The molecule has 0 aliphatic carbocycles. The number of rotatable bonds is 6. The highest BCUT2D eigenvalue weighted by Crippen LogP contribution is 2.51. The smallest absolute Gasteiger partial charge is 0.312 e. The van der Waals surface area contributed by atoms with Crippen LogP contribution >= 0.6 is 42.4 Å². The van der Waals surface area contributed by atoms with Crippen molar-refractivity contribution in [3.05, 3.63) is 57.0 Å². The van der Waals surface area contributed by atoms with Gasteiger partial charge in [0.1, 0.15) is 0 Å². The molecule has 0 aromatic heterocycles. The van der Waals surface area contributed by atoms with Crippen molar-refractivity contribution in [1.29, 1.82) is 0 Å². The average molecular weight is 438 g/mol. The van der Waals surface area contributed by atoms with Crippen LogP contribution in [0.3, 0.4) is 0 Å². The van der Waals surface area contributed by atoms with Gasteiger partial charge in [-0.2, -0.15) is 0 Å². The zero-order chi connectivity index (χ0) is 19.3. The van der Waals surface area contributed by atoms with E-state index in [1.165, 1.54) is 20.3 Å². The standard InChI is InChI=1S/C16H16Cl3N2O4P/c1-24-26(23,25-2)9-10-7-11(17)3-6-15(10)21-16(22)20-12-4-5-13(18)14(19)8-12/h3-8H,9H2,1-2H3,(H2,20,21,22). The Morgan fingerprint density at radius 1 is 1.00 bits per heavy atom. The lowest BCUT2D eigenvalue weighted by atomic mass is 10.2. The monoisotopic (exact) mass is 436 g/mol. The van der Waals surface area contributed by atoms with Crippen molar-refractivity contribution in [1.82, 2.24) is 0 Å². The summed E-state index contributed by atoms with van der Waals surface area (Å²) in [5.41, 5.74) is 1.39. The Morgan fingerprint density at radius 2 is 1.69 bits per heavy atom. The minimum atomic E-state index is -3.33. The number of benzene rings is 2. The fourth-order valence-electron chi connectivity index (χ4n) is 2.09. The van der Waals surface area contributed by atoms with E-state index in [2.05, 4.69) is 10.6 Å². The third-order valence-electron chi connectivity index (χ3n) is 3.41. The zero-order valence-corrected chi connectivity index (χ0v) is 17.0. The first-order valence-corrected chi connectivity index (χ1v) is 10.1. The van der Waals surface area contributed by atoms with Crippen LogP contribution in [0.15, 0.2) is 36.4 Å². The Labute approximate surface area is 166 Å². The van der Waals surface area contributed by atoms with Crippen molar-refractivity contribution >= 4 is 59.8 Å². The molecule has 0 aliphatic heterocycles. The van der Waals surface area contributed by atoms with Crippen LogP contribution in [0.1, 0.15) is 5.56 Å². The molecule has 2 amide bonds. The van der Waals surface area contributed by atoms with Crippen molar-refractivity contribution in [2.75, 3.05) is 24.9 Å². The van der Waals surface area contributed by atoms with Gasteiger partial charge >= 0.3 is 13.6 Å². The molecule has 2 aromatic rings. The van der Waals surface area contributed by atoms with Crippen molar-refractivity contribution in [2.24, 2.45) is 0 Å². The van der Waals surface area contributed by atoms with E-state index in [1.807, 2.05) is 0 Å². The molecule has 0 spiro atoms. The molecule has 10 heteroatoms. The van der Waals surface area contributed by atoms with Crippen LogP contribution in [-0.4, -0.2) is 20.3 Å². The lowest BCUT2D eigenvalue weighted by molar-refractivity contribution is 0.262. The number of carbonyl (C=O) groups excluding carboxylic acids is 1. The van der Waals surface area contributed by atoms with Gasteiger partial charge < -0.3 is 19.7 Å². The Hall–Kier alpha value is -1.27. The van der Waals surface area contributed by atoms with Crippen LogP contribution in [0, 0.1) is 0 Å². The molecule has 26 heavy (non-hydrogen) atoms. The highest BCUT2D eigenvalue weighted by molar-refractivity contribution is 7.53. The summed E-state index contributed by atoms with van der Waals surface area (Å²) in [5, 5.41) is 6.43. The number of hydrogen-bond acceptors (Lipinski definition) is 4. The number of halogens is 3. The maximum absolute atomic E-state index is 12.4. The SMILES string of the molecule is COP(=O)(Cc1cc(Cl)ccc1NC(=O)Nc1ccc(Cl)c(Cl)c1)OC. The van der Waals surface area contributed by atoms with Gasteiger partial charge in [0.05, 0.1) is 16.2 Å². The molecular formula is C16H16Cl3N2O4P. The summed E-state index contributed by atoms with van der Waals surface area (Å²) in [6, 6.07) is 8.97. The molecule has 140 valence electrons. The van der Waals surface area contributed by atoms with Crippen LogP contribution in [0.5, 0.6) is 0 Å². The molecule has 0 heterocycles.